The molecule has 5 heteroatoms. The van der Waals surface area contributed by atoms with Crippen LogP contribution in [0, 0.1) is 0 Å². The van der Waals surface area contributed by atoms with Crippen molar-refractivity contribution in [3.8, 4) is 5.75 Å². The minimum atomic E-state index is -0.129. The molecule has 0 fully saturated rings. The average molecular weight is 368 g/mol. The number of aliphatic hydroxyl groups excluding tert-OH is 1. The van der Waals surface area contributed by atoms with Crippen LogP contribution in [0.2, 0.25) is 0 Å². The number of hydrogen-bond acceptors (Lipinski definition) is 3. The smallest absolute Gasteiger partial charge is 0.318 e. The summed E-state index contributed by atoms with van der Waals surface area (Å²) in [5.74, 6) is 0.795. The molecule has 0 saturated carbocycles. The highest BCUT2D eigenvalue weighted by molar-refractivity contribution is 5.74. The standard InChI is InChI=1S/C22H28N2O3/c1-2-27-21-9-5-6-17(14-21)16-24(12-13-25)22(26)23-20-11-10-18-7-3-4-8-19(18)15-20/h3-9,14,20,25H,2,10-13,15-16H2,1H3,(H,23,26)/t20-/m0/s1. The Morgan fingerprint density at radius 1 is 1.22 bits per heavy atom. The molecule has 144 valence electrons. The number of carbonyl (C=O) groups is 1. The Morgan fingerprint density at radius 2 is 2.04 bits per heavy atom. The SMILES string of the molecule is CCOc1cccc(CN(CCO)C(=O)N[C@H]2CCc3ccccc3C2)c1. The number of hydrogen-bond donors (Lipinski definition) is 2. The van der Waals surface area contributed by atoms with E-state index in [-0.39, 0.29) is 18.7 Å². The summed E-state index contributed by atoms with van der Waals surface area (Å²) < 4.78 is 5.53. The van der Waals surface area contributed by atoms with Gasteiger partial charge in [0, 0.05) is 19.1 Å². The highest BCUT2D eigenvalue weighted by Crippen LogP contribution is 2.21. The first-order chi connectivity index (χ1) is 13.2. The van der Waals surface area contributed by atoms with E-state index in [1.165, 1.54) is 11.1 Å². The molecule has 1 aliphatic carbocycles. The summed E-state index contributed by atoms with van der Waals surface area (Å²) in [4.78, 5) is 14.5. The first-order valence-corrected chi connectivity index (χ1v) is 9.64. The maximum absolute atomic E-state index is 12.8. The van der Waals surface area contributed by atoms with Gasteiger partial charge in [0.05, 0.1) is 13.2 Å². The number of aryl methyl sites for hydroxylation is 1. The first kappa shape index (κ1) is 19.2. The summed E-state index contributed by atoms with van der Waals surface area (Å²) in [5.41, 5.74) is 3.67. The summed E-state index contributed by atoms with van der Waals surface area (Å²) in [6.07, 6.45) is 2.78. The second-order valence-electron chi connectivity index (χ2n) is 6.88. The third kappa shape index (κ3) is 5.23. The van der Waals surface area contributed by atoms with Gasteiger partial charge in [0.1, 0.15) is 5.75 Å². The molecule has 1 aliphatic rings. The Hall–Kier alpha value is -2.53. The van der Waals surface area contributed by atoms with Gasteiger partial charge in [-0.3, -0.25) is 0 Å². The van der Waals surface area contributed by atoms with E-state index in [9.17, 15) is 9.90 Å². The molecule has 0 spiro atoms. The second-order valence-corrected chi connectivity index (χ2v) is 6.88. The lowest BCUT2D eigenvalue weighted by Gasteiger charge is -2.29. The molecule has 2 aromatic rings. The monoisotopic (exact) mass is 368 g/mol. The second kappa shape index (κ2) is 9.42. The normalized spacial score (nSPS) is 15.7. The van der Waals surface area contributed by atoms with Crippen LogP contribution in [0.25, 0.3) is 0 Å². The fraction of sp³-hybridized carbons (Fsp3) is 0.409. The van der Waals surface area contributed by atoms with Gasteiger partial charge >= 0.3 is 6.03 Å². The molecule has 2 N–H and O–H groups in total. The fourth-order valence-electron chi connectivity index (χ4n) is 3.58. The third-order valence-corrected chi connectivity index (χ3v) is 4.91. The van der Waals surface area contributed by atoms with Crippen molar-refractivity contribution in [2.24, 2.45) is 0 Å². The predicted molar refractivity (Wildman–Crippen MR) is 106 cm³/mol. The van der Waals surface area contributed by atoms with Crippen LogP contribution in [0.4, 0.5) is 4.79 Å². The molecule has 0 unspecified atom stereocenters. The van der Waals surface area contributed by atoms with Crippen molar-refractivity contribution in [1.29, 1.82) is 0 Å². The topological polar surface area (TPSA) is 61.8 Å². The summed E-state index contributed by atoms with van der Waals surface area (Å²) in [6, 6.07) is 16.2. The number of carbonyl (C=O) groups excluding carboxylic acids is 1. The maximum Gasteiger partial charge on any atom is 0.318 e. The Morgan fingerprint density at radius 3 is 2.81 bits per heavy atom. The summed E-state index contributed by atoms with van der Waals surface area (Å²) in [6.45, 7) is 3.23. The fourth-order valence-corrected chi connectivity index (χ4v) is 3.58. The number of urea groups is 1. The highest BCUT2D eigenvalue weighted by atomic mass is 16.5. The van der Waals surface area contributed by atoms with Crippen molar-refractivity contribution >= 4 is 6.03 Å². The molecule has 2 aromatic carbocycles. The summed E-state index contributed by atoms with van der Waals surface area (Å²) >= 11 is 0. The van der Waals surface area contributed by atoms with E-state index in [1.54, 1.807) is 4.90 Å². The van der Waals surface area contributed by atoms with Gasteiger partial charge in [0.25, 0.3) is 0 Å². The number of fused-ring (bicyclic) bond motifs is 1. The molecule has 3 rings (SSSR count). The zero-order valence-corrected chi connectivity index (χ0v) is 15.9. The molecule has 0 aromatic heterocycles. The van der Waals surface area contributed by atoms with E-state index in [2.05, 4.69) is 23.5 Å². The van der Waals surface area contributed by atoms with Gasteiger partial charge in [-0.25, -0.2) is 4.79 Å². The number of rotatable bonds is 7. The number of nitrogens with zero attached hydrogens (tertiary/aromatic N) is 1. The van der Waals surface area contributed by atoms with E-state index in [1.807, 2.05) is 37.3 Å². The van der Waals surface area contributed by atoms with E-state index in [4.69, 9.17) is 4.74 Å². The minimum absolute atomic E-state index is 0.0634. The Balaban J connectivity index is 1.63. The molecule has 0 heterocycles. The van der Waals surface area contributed by atoms with E-state index < -0.39 is 0 Å². The maximum atomic E-state index is 12.8. The van der Waals surface area contributed by atoms with Gasteiger partial charge < -0.3 is 20.1 Å². The van der Waals surface area contributed by atoms with E-state index in [0.717, 1.165) is 30.6 Å². The zero-order chi connectivity index (χ0) is 19.1. The lowest BCUT2D eigenvalue weighted by molar-refractivity contribution is 0.170. The van der Waals surface area contributed by atoms with Crippen LogP contribution >= 0.6 is 0 Å². The van der Waals surface area contributed by atoms with Gasteiger partial charge in [-0.15, -0.1) is 0 Å². The molecule has 1 atom stereocenters. The van der Waals surface area contributed by atoms with Gasteiger partial charge in [0.15, 0.2) is 0 Å². The van der Waals surface area contributed by atoms with Crippen LogP contribution in [0.15, 0.2) is 48.5 Å². The zero-order valence-electron chi connectivity index (χ0n) is 15.9. The van der Waals surface area contributed by atoms with Crippen LogP contribution in [0.5, 0.6) is 5.75 Å². The Kier molecular flexibility index (Phi) is 6.71. The van der Waals surface area contributed by atoms with Gasteiger partial charge in [-0.05, 0) is 55.0 Å². The van der Waals surface area contributed by atoms with Crippen molar-refractivity contribution in [3.05, 3.63) is 65.2 Å². The molecule has 2 amide bonds. The minimum Gasteiger partial charge on any atom is -0.494 e. The largest absolute Gasteiger partial charge is 0.494 e. The molecule has 0 bridgehead atoms. The number of aliphatic hydroxyl groups is 1. The lowest BCUT2D eigenvalue weighted by Crippen LogP contribution is -2.47. The van der Waals surface area contributed by atoms with Crippen LogP contribution in [0.1, 0.15) is 30.0 Å². The Bertz CT molecular complexity index is 763. The van der Waals surface area contributed by atoms with E-state index in [0.29, 0.717) is 19.7 Å². The van der Waals surface area contributed by atoms with Crippen molar-refractivity contribution in [3.63, 3.8) is 0 Å². The van der Waals surface area contributed by atoms with Crippen molar-refractivity contribution in [1.82, 2.24) is 10.2 Å². The molecule has 0 aliphatic heterocycles. The molecule has 5 nitrogen and oxygen atoms in total. The third-order valence-electron chi connectivity index (χ3n) is 4.91. The van der Waals surface area contributed by atoms with Crippen LogP contribution in [-0.2, 0) is 19.4 Å². The summed E-state index contributed by atoms with van der Waals surface area (Å²) in [7, 11) is 0. The van der Waals surface area contributed by atoms with Crippen molar-refractivity contribution < 1.29 is 14.6 Å². The quantitative estimate of drug-likeness (QED) is 0.789. The van der Waals surface area contributed by atoms with Crippen molar-refractivity contribution in [2.75, 3.05) is 19.8 Å². The molecule has 0 radical (unpaired) electrons. The van der Waals surface area contributed by atoms with Crippen LogP contribution in [-0.4, -0.2) is 41.8 Å². The molecule has 27 heavy (non-hydrogen) atoms. The molecular formula is C22H28N2O3. The van der Waals surface area contributed by atoms with Crippen LogP contribution in [0.3, 0.4) is 0 Å². The van der Waals surface area contributed by atoms with Crippen LogP contribution < -0.4 is 10.1 Å². The van der Waals surface area contributed by atoms with Crippen molar-refractivity contribution in [2.45, 2.75) is 38.8 Å². The number of amides is 2. The average Bonchev–Trinajstić information content (AvgIpc) is 2.68. The molecule has 0 saturated heterocycles. The summed E-state index contributed by atoms with van der Waals surface area (Å²) in [5, 5.41) is 12.5. The van der Waals surface area contributed by atoms with E-state index >= 15 is 0 Å². The predicted octanol–water partition coefficient (Wildman–Crippen LogP) is 3.15. The first-order valence-electron chi connectivity index (χ1n) is 9.64. The number of nitrogens with one attached hydrogen (secondary N) is 1. The van der Waals surface area contributed by atoms with Gasteiger partial charge in [0.2, 0.25) is 0 Å². The van der Waals surface area contributed by atoms with Gasteiger partial charge in [-0.1, -0.05) is 36.4 Å². The lowest BCUT2D eigenvalue weighted by atomic mass is 9.88. The number of ether oxygens (including phenoxy) is 1. The number of benzene rings is 2. The Labute approximate surface area is 161 Å². The molecular weight excluding hydrogens is 340 g/mol. The van der Waals surface area contributed by atoms with Gasteiger partial charge in [-0.2, -0.15) is 0 Å². The highest BCUT2D eigenvalue weighted by Gasteiger charge is 2.22.